The molecule has 1 amide bonds. The summed E-state index contributed by atoms with van der Waals surface area (Å²) in [6, 6.07) is 4.11. The van der Waals surface area contributed by atoms with E-state index in [1.165, 1.54) is 12.8 Å². The number of aromatic nitrogens is 1. The van der Waals surface area contributed by atoms with Crippen molar-refractivity contribution < 1.29 is 4.79 Å². The first-order chi connectivity index (χ1) is 8.99. The molecule has 0 radical (unpaired) electrons. The van der Waals surface area contributed by atoms with Crippen molar-refractivity contribution in [2.45, 2.75) is 31.8 Å². The lowest BCUT2D eigenvalue weighted by Crippen LogP contribution is -2.41. The van der Waals surface area contributed by atoms with E-state index in [0.717, 1.165) is 0 Å². The van der Waals surface area contributed by atoms with Gasteiger partial charge in [-0.2, -0.15) is 0 Å². The maximum atomic E-state index is 12.0. The van der Waals surface area contributed by atoms with Crippen LogP contribution in [0.25, 0.3) is 0 Å². The number of amides is 1. The van der Waals surface area contributed by atoms with Crippen molar-refractivity contribution in [3.8, 4) is 0 Å². The molecule has 104 valence electrons. The van der Waals surface area contributed by atoms with Crippen LogP contribution in [0.5, 0.6) is 0 Å². The Morgan fingerprint density at radius 1 is 1.63 bits per heavy atom. The maximum Gasteiger partial charge on any atom is 0.271 e. The van der Waals surface area contributed by atoms with Gasteiger partial charge in [-0.25, -0.2) is 4.98 Å². The summed E-state index contributed by atoms with van der Waals surface area (Å²) in [6.45, 7) is 2.66. The predicted molar refractivity (Wildman–Crippen MR) is 76.2 cm³/mol. The van der Waals surface area contributed by atoms with Gasteiger partial charge in [-0.1, -0.05) is 11.6 Å². The molecule has 1 aromatic rings. The van der Waals surface area contributed by atoms with E-state index in [1.807, 2.05) is 0 Å². The van der Waals surface area contributed by atoms with Gasteiger partial charge in [0.2, 0.25) is 0 Å². The minimum atomic E-state index is -0.284. The highest BCUT2D eigenvalue weighted by atomic mass is 35.5. The zero-order valence-electron chi connectivity index (χ0n) is 11.2. The summed E-state index contributed by atoms with van der Waals surface area (Å²) < 4.78 is 0. The molecule has 0 aromatic carbocycles. The number of pyridine rings is 1. The molecule has 6 heteroatoms. The Bertz CT molecular complexity index is 476. The highest BCUT2D eigenvalue weighted by Crippen LogP contribution is 2.26. The molecule has 19 heavy (non-hydrogen) atoms. The van der Waals surface area contributed by atoms with Crippen LogP contribution in [-0.2, 0) is 0 Å². The number of carbonyl (C=O) groups excluding carboxylic acids is 1. The molecule has 1 aromatic heterocycles. The summed E-state index contributed by atoms with van der Waals surface area (Å²) in [5.74, 6) is 0.00560. The zero-order chi connectivity index (χ0) is 14.0. The first-order valence-corrected chi connectivity index (χ1v) is 6.79. The Kier molecular flexibility index (Phi) is 4.27. The molecule has 1 aliphatic rings. The van der Waals surface area contributed by atoms with Gasteiger partial charge in [0.1, 0.15) is 11.5 Å². The van der Waals surface area contributed by atoms with Crippen molar-refractivity contribution in [2.24, 2.45) is 0 Å². The van der Waals surface area contributed by atoms with Gasteiger partial charge in [-0.3, -0.25) is 9.69 Å². The quantitative estimate of drug-likeness (QED) is 0.859. The van der Waals surface area contributed by atoms with Gasteiger partial charge in [0, 0.05) is 18.6 Å². The Morgan fingerprint density at radius 2 is 2.32 bits per heavy atom. The van der Waals surface area contributed by atoms with Gasteiger partial charge < -0.3 is 11.1 Å². The Balaban J connectivity index is 1.91. The molecule has 1 aliphatic carbocycles. The summed E-state index contributed by atoms with van der Waals surface area (Å²) in [7, 11) is 2.08. The molecule has 2 rings (SSSR count). The second-order valence-corrected chi connectivity index (χ2v) is 5.43. The number of nitrogen functional groups attached to an aromatic ring is 1. The lowest BCUT2D eigenvalue weighted by atomic mass is 10.2. The van der Waals surface area contributed by atoms with E-state index in [-0.39, 0.29) is 23.5 Å². The van der Waals surface area contributed by atoms with Gasteiger partial charge in [-0.15, -0.1) is 0 Å². The van der Waals surface area contributed by atoms with Gasteiger partial charge in [0.25, 0.3) is 5.91 Å². The van der Waals surface area contributed by atoms with E-state index in [1.54, 1.807) is 12.1 Å². The standard InChI is InChI=1S/C13H19ClN4O/c1-8(18(2)9-3-4-9)7-16-13(19)12-10(14)5-6-11(15)17-12/h5-6,8-9H,3-4,7H2,1-2H3,(H2,15,17)(H,16,19). The molecule has 0 spiro atoms. The molecule has 0 aliphatic heterocycles. The third-order valence-electron chi connectivity index (χ3n) is 3.46. The summed E-state index contributed by atoms with van der Waals surface area (Å²) in [4.78, 5) is 18.2. The van der Waals surface area contributed by atoms with E-state index >= 15 is 0 Å². The molecule has 0 bridgehead atoms. The van der Waals surface area contributed by atoms with Crippen LogP contribution < -0.4 is 11.1 Å². The van der Waals surface area contributed by atoms with Crippen LogP contribution >= 0.6 is 11.6 Å². The summed E-state index contributed by atoms with van der Waals surface area (Å²) in [6.07, 6.45) is 2.49. The number of hydrogen-bond donors (Lipinski definition) is 2. The number of rotatable bonds is 5. The van der Waals surface area contributed by atoms with E-state index in [2.05, 4.69) is 29.2 Å². The molecule has 1 heterocycles. The maximum absolute atomic E-state index is 12.0. The molecule has 1 saturated carbocycles. The highest BCUT2D eigenvalue weighted by Gasteiger charge is 2.29. The largest absolute Gasteiger partial charge is 0.384 e. The molecule has 1 fully saturated rings. The number of nitrogens with zero attached hydrogens (tertiary/aromatic N) is 2. The highest BCUT2D eigenvalue weighted by molar-refractivity contribution is 6.33. The van der Waals surface area contributed by atoms with Crippen molar-refractivity contribution in [2.75, 3.05) is 19.3 Å². The summed E-state index contributed by atoms with van der Waals surface area (Å²) in [5, 5.41) is 3.16. The van der Waals surface area contributed by atoms with Crippen LogP contribution in [0, 0.1) is 0 Å². The molecular formula is C13H19ClN4O. The molecule has 3 N–H and O–H groups in total. The van der Waals surface area contributed by atoms with Crippen LogP contribution in [0.4, 0.5) is 5.82 Å². The molecule has 5 nitrogen and oxygen atoms in total. The number of hydrogen-bond acceptors (Lipinski definition) is 4. The van der Waals surface area contributed by atoms with Crippen LogP contribution in [0.3, 0.4) is 0 Å². The first-order valence-electron chi connectivity index (χ1n) is 6.41. The molecule has 1 unspecified atom stereocenters. The number of likely N-dealkylation sites (N-methyl/N-ethyl adjacent to an activating group) is 1. The Labute approximate surface area is 118 Å². The second-order valence-electron chi connectivity index (χ2n) is 5.02. The minimum absolute atomic E-state index is 0.183. The smallest absolute Gasteiger partial charge is 0.271 e. The van der Waals surface area contributed by atoms with E-state index in [4.69, 9.17) is 17.3 Å². The van der Waals surface area contributed by atoms with Crippen LogP contribution in [0.2, 0.25) is 5.02 Å². The monoisotopic (exact) mass is 282 g/mol. The fourth-order valence-electron chi connectivity index (χ4n) is 1.93. The molecular weight excluding hydrogens is 264 g/mol. The second kappa shape index (κ2) is 5.75. The van der Waals surface area contributed by atoms with E-state index < -0.39 is 0 Å². The van der Waals surface area contributed by atoms with Gasteiger partial charge in [0.05, 0.1) is 5.02 Å². The van der Waals surface area contributed by atoms with Crippen molar-refractivity contribution in [3.05, 3.63) is 22.8 Å². The van der Waals surface area contributed by atoms with Crippen molar-refractivity contribution in [1.82, 2.24) is 15.2 Å². The normalized spacial score (nSPS) is 16.4. The van der Waals surface area contributed by atoms with Crippen molar-refractivity contribution in [3.63, 3.8) is 0 Å². The van der Waals surface area contributed by atoms with Gasteiger partial charge >= 0.3 is 0 Å². The number of halogens is 1. The fourth-order valence-corrected chi connectivity index (χ4v) is 2.12. The van der Waals surface area contributed by atoms with Crippen LogP contribution in [0.1, 0.15) is 30.3 Å². The van der Waals surface area contributed by atoms with Gasteiger partial charge in [-0.05, 0) is 38.9 Å². The zero-order valence-corrected chi connectivity index (χ0v) is 11.9. The number of anilines is 1. The lowest BCUT2D eigenvalue weighted by molar-refractivity contribution is 0.0935. The van der Waals surface area contributed by atoms with Crippen molar-refractivity contribution in [1.29, 1.82) is 0 Å². The summed E-state index contributed by atoms with van der Waals surface area (Å²) in [5.41, 5.74) is 5.74. The van der Waals surface area contributed by atoms with Crippen LogP contribution in [-0.4, -0.2) is 41.5 Å². The average Bonchev–Trinajstić information content (AvgIpc) is 3.21. The van der Waals surface area contributed by atoms with Gasteiger partial charge in [0.15, 0.2) is 0 Å². The SMILES string of the molecule is CC(CNC(=O)c1nc(N)ccc1Cl)N(C)C1CC1. The number of carbonyl (C=O) groups is 1. The Morgan fingerprint density at radius 3 is 2.95 bits per heavy atom. The summed E-state index contributed by atoms with van der Waals surface area (Å²) >= 11 is 5.94. The minimum Gasteiger partial charge on any atom is -0.384 e. The average molecular weight is 283 g/mol. The van der Waals surface area contributed by atoms with Crippen molar-refractivity contribution >= 4 is 23.3 Å². The van der Waals surface area contributed by atoms with E-state index in [9.17, 15) is 4.79 Å². The van der Waals surface area contributed by atoms with E-state index in [0.29, 0.717) is 17.6 Å². The molecule has 1 atom stereocenters. The number of nitrogens with two attached hydrogens (primary N) is 1. The topological polar surface area (TPSA) is 71.2 Å². The first kappa shape index (κ1) is 14.1. The predicted octanol–water partition coefficient (Wildman–Crippen LogP) is 1.53. The van der Waals surface area contributed by atoms with Crippen LogP contribution in [0.15, 0.2) is 12.1 Å². The number of nitrogens with one attached hydrogen (secondary N) is 1. The third-order valence-corrected chi connectivity index (χ3v) is 3.76. The molecule has 0 saturated heterocycles. The fraction of sp³-hybridized carbons (Fsp3) is 0.538. The third kappa shape index (κ3) is 3.58. The Hall–Kier alpha value is -1.33. The lowest BCUT2D eigenvalue weighted by Gasteiger charge is -2.24.